The first kappa shape index (κ1) is 33.2. The Bertz CT molecular complexity index is 3110. The molecule has 2 nitrogen and oxygen atoms in total. The number of para-hydroxylation sites is 2. The summed E-state index contributed by atoms with van der Waals surface area (Å²) in [5.41, 5.74) is 9.52. The van der Waals surface area contributed by atoms with Crippen molar-refractivity contribution < 1.29 is 0 Å². The molecule has 0 N–H and O–H groups in total. The zero-order valence-corrected chi connectivity index (χ0v) is 32.3. The fourth-order valence-corrected chi connectivity index (χ4v) is 14.2. The molecule has 11 aromatic rings. The fourth-order valence-electron chi connectivity index (χ4n) is 9.43. The molecule has 57 heavy (non-hydrogen) atoms. The Hall–Kier alpha value is -7.20. The summed E-state index contributed by atoms with van der Waals surface area (Å²) in [5, 5.41) is 10.4. The fraction of sp³-hybridized carbons (Fsp3) is 0. The summed E-state index contributed by atoms with van der Waals surface area (Å²) in [5.74, 6) is 0. The summed E-state index contributed by atoms with van der Waals surface area (Å²) >= 11 is 0. The van der Waals surface area contributed by atoms with Crippen LogP contribution in [0.4, 0.5) is 0 Å². The highest BCUT2D eigenvalue weighted by Gasteiger charge is 2.41. The zero-order valence-electron chi connectivity index (χ0n) is 31.3. The molecule has 0 radical (unpaired) electrons. The minimum atomic E-state index is -2.79. The van der Waals surface area contributed by atoms with E-state index in [9.17, 15) is 0 Å². The molecule has 0 saturated carbocycles. The first-order valence-electron chi connectivity index (χ1n) is 19.7. The quantitative estimate of drug-likeness (QED) is 0.114. The topological polar surface area (TPSA) is 9.86 Å². The summed E-state index contributed by atoms with van der Waals surface area (Å²) < 4.78 is 4.97. The molecule has 0 bridgehead atoms. The number of nitrogens with zero attached hydrogens (tertiary/aromatic N) is 2. The van der Waals surface area contributed by atoms with Gasteiger partial charge in [-0.25, -0.2) is 0 Å². The van der Waals surface area contributed by atoms with Gasteiger partial charge < -0.3 is 9.13 Å². The summed E-state index contributed by atoms with van der Waals surface area (Å²) in [6, 6.07) is 85.2. The second-order valence-electron chi connectivity index (χ2n) is 14.9. The standard InChI is InChI=1S/C54H38N2Si/c1-6-19-39(20-7-1)40-33-36-50-48(37-40)54-51(55(50)41-21-8-2-9-22-41)31-18-32-52(54)56-49-30-17-16-29-46(49)47-35-34-45(38-53(47)56)57(42-23-10-3-11-24-42,43-25-12-4-13-26-43)44-27-14-5-15-28-44/h1-38H. The van der Waals surface area contributed by atoms with E-state index in [0.717, 1.165) is 5.69 Å². The van der Waals surface area contributed by atoms with Gasteiger partial charge in [-0.05, 0) is 80.4 Å². The lowest BCUT2D eigenvalue weighted by molar-refractivity contribution is 1.17. The highest BCUT2D eigenvalue weighted by Crippen LogP contribution is 2.41. The van der Waals surface area contributed by atoms with Crippen molar-refractivity contribution in [1.82, 2.24) is 9.13 Å². The minimum Gasteiger partial charge on any atom is -0.309 e. The molecule has 0 aliphatic heterocycles. The molecule has 0 amide bonds. The van der Waals surface area contributed by atoms with Gasteiger partial charge >= 0.3 is 0 Å². The Balaban J connectivity index is 1.27. The average Bonchev–Trinajstić information content (AvgIpc) is 3.81. The lowest BCUT2D eigenvalue weighted by Gasteiger charge is -2.34. The van der Waals surface area contributed by atoms with Crippen LogP contribution in [0.1, 0.15) is 0 Å². The number of rotatable bonds is 7. The Morgan fingerprint density at radius 2 is 0.807 bits per heavy atom. The van der Waals surface area contributed by atoms with Gasteiger partial charge in [-0.3, -0.25) is 0 Å². The van der Waals surface area contributed by atoms with Crippen molar-refractivity contribution in [3.05, 3.63) is 231 Å². The molecular formula is C54H38N2Si. The van der Waals surface area contributed by atoms with Gasteiger partial charge in [-0.15, -0.1) is 0 Å². The maximum atomic E-state index is 2.54. The molecule has 0 unspecified atom stereocenters. The molecule has 268 valence electrons. The van der Waals surface area contributed by atoms with Crippen LogP contribution in [0.15, 0.2) is 231 Å². The summed E-state index contributed by atoms with van der Waals surface area (Å²) in [6.07, 6.45) is 0. The van der Waals surface area contributed by atoms with Gasteiger partial charge in [-0.1, -0.05) is 182 Å². The Morgan fingerprint density at radius 3 is 1.46 bits per heavy atom. The highest BCUT2D eigenvalue weighted by molar-refractivity contribution is 7.20. The van der Waals surface area contributed by atoms with Crippen LogP contribution < -0.4 is 20.7 Å². The lowest BCUT2D eigenvalue weighted by atomic mass is 10.0. The molecule has 9 aromatic carbocycles. The number of hydrogen-bond donors (Lipinski definition) is 0. The maximum absolute atomic E-state index is 2.79. The Morgan fingerprint density at radius 1 is 0.281 bits per heavy atom. The second kappa shape index (κ2) is 13.5. The van der Waals surface area contributed by atoms with E-state index >= 15 is 0 Å². The van der Waals surface area contributed by atoms with Crippen LogP contribution in [0.3, 0.4) is 0 Å². The van der Waals surface area contributed by atoms with Crippen LogP contribution in [0.25, 0.3) is 66.1 Å². The van der Waals surface area contributed by atoms with E-state index in [0.29, 0.717) is 0 Å². The number of aromatic nitrogens is 2. The van der Waals surface area contributed by atoms with Gasteiger partial charge in [0.25, 0.3) is 0 Å². The largest absolute Gasteiger partial charge is 0.309 e. The highest BCUT2D eigenvalue weighted by atomic mass is 28.3. The van der Waals surface area contributed by atoms with Crippen molar-refractivity contribution in [3.8, 4) is 22.5 Å². The third-order valence-corrected chi connectivity index (χ3v) is 16.6. The number of benzene rings is 9. The summed E-state index contributed by atoms with van der Waals surface area (Å²) in [7, 11) is -2.79. The molecule has 0 aliphatic rings. The van der Waals surface area contributed by atoms with E-state index in [1.807, 2.05) is 0 Å². The van der Waals surface area contributed by atoms with Crippen LogP contribution in [-0.4, -0.2) is 17.2 Å². The predicted molar refractivity (Wildman–Crippen MR) is 244 cm³/mol. The zero-order chi connectivity index (χ0) is 37.8. The van der Waals surface area contributed by atoms with Crippen LogP contribution in [0.2, 0.25) is 0 Å². The van der Waals surface area contributed by atoms with Crippen molar-refractivity contribution in [2.75, 3.05) is 0 Å². The molecular weight excluding hydrogens is 705 g/mol. The Labute approximate surface area is 333 Å². The van der Waals surface area contributed by atoms with Crippen molar-refractivity contribution in [3.63, 3.8) is 0 Å². The third kappa shape index (κ3) is 5.17. The normalized spacial score (nSPS) is 11.9. The van der Waals surface area contributed by atoms with Crippen molar-refractivity contribution in [1.29, 1.82) is 0 Å². The summed E-state index contributed by atoms with van der Waals surface area (Å²) in [6.45, 7) is 0. The summed E-state index contributed by atoms with van der Waals surface area (Å²) in [4.78, 5) is 0. The van der Waals surface area contributed by atoms with Crippen molar-refractivity contribution in [2.24, 2.45) is 0 Å². The van der Waals surface area contributed by atoms with Gasteiger partial charge in [0.15, 0.2) is 8.07 Å². The lowest BCUT2D eigenvalue weighted by Crippen LogP contribution is -2.74. The Kier molecular flexibility index (Phi) is 7.87. The van der Waals surface area contributed by atoms with Crippen molar-refractivity contribution >= 4 is 72.4 Å². The molecule has 2 heterocycles. The number of hydrogen-bond acceptors (Lipinski definition) is 0. The maximum Gasteiger partial charge on any atom is 0.179 e. The molecule has 0 aliphatic carbocycles. The van der Waals surface area contributed by atoms with Gasteiger partial charge in [0, 0.05) is 27.2 Å². The molecule has 11 rings (SSSR count). The third-order valence-electron chi connectivity index (χ3n) is 11.9. The first-order chi connectivity index (χ1) is 28.3. The molecule has 0 saturated heterocycles. The monoisotopic (exact) mass is 742 g/mol. The molecule has 0 spiro atoms. The molecule has 2 aromatic heterocycles. The average molecular weight is 743 g/mol. The van der Waals surface area contributed by atoms with E-state index in [-0.39, 0.29) is 0 Å². The molecule has 0 atom stereocenters. The van der Waals surface area contributed by atoms with Crippen molar-refractivity contribution in [2.45, 2.75) is 0 Å². The first-order valence-corrected chi connectivity index (χ1v) is 21.7. The molecule has 3 heteroatoms. The SMILES string of the molecule is c1ccc(-c2ccc3c(c2)c2c(-n4c5ccccc5c5ccc([Si](c6ccccc6)(c6ccccc6)c6ccccc6)cc54)cccc2n3-c2ccccc2)cc1. The van der Waals surface area contributed by atoms with Gasteiger partial charge in [-0.2, -0.15) is 0 Å². The second-order valence-corrected chi connectivity index (χ2v) is 18.7. The van der Waals surface area contributed by atoms with Crippen LogP contribution in [-0.2, 0) is 0 Å². The van der Waals surface area contributed by atoms with E-state index in [1.54, 1.807) is 0 Å². The van der Waals surface area contributed by atoms with E-state index in [2.05, 4.69) is 240 Å². The van der Waals surface area contributed by atoms with E-state index in [1.165, 1.54) is 81.2 Å². The molecule has 0 fully saturated rings. The van der Waals surface area contributed by atoms with E-state index < -0.39 is 8.07 Å². The van der Waals surface area contributed by atoms with Crippen LogP contribution >= 0.6 is 0 Å². The van der Waals surface area contributed by atoms with Gasteiger partial charge in [0.2, 0.25) is 0 Å². The predicted octanol–water partition coefficient (Wildman–Crippen LogP) is 10.9. The van der Waals surface area contributed by atoms with Crippen LogP contribution in [0.5, 0.6) is 0 Å². The van der Waals surface area contributed by atoms with Crippen LogP contribution in [0, 0.1) is 0 Å². The van der Waals surface area contributed by atoms with Gasteiger partial charge in [0.05, 0.1) is 27.8 Å². The van der Waals surface area contributed by atoms with E-state index in [4.69, 9.17) is 0 Å². The smallest absolute Gasteiger partial charge is 0.179 e. The minimum absolute atomic E-state index is 1.15. The van der Waals surface area contributed by atoms with Gasteiger partial charge in [0.1, 0.15) is 0 Å². The number of fused-ring (bicyclic) bond motifs is 6.